The van der Waals surface area contributed by atoms with Crippen LogP contribution in [-0.2, 0) is 11.2 Å². The van der Waals surface area contributed by atoms with E-state index in [1.165, 1.54) is 26.2 Å². The van der Waals surface area contributed by atoms with E-state index in [0.717, 1.165) is 22.7 Å². The Morgan fingerprint density at radius 1 is 1.21 bits per heavy atom. The number of methoxy groups -OCH3 is 1. The van der Waals surface area contributed by atoms with Crippen molar-refractivity contribution in [3.05, 3.63) is 105 Å². The molecule has 3 N–H and O–H groups in total. The largest absolute Gasteiger partial charge is 0.465 e. The Labute approximate surface area is 287 Å². The molecular weight excluding hydrogens is 645 g/mol. The average Bonchev–Trinajstić information content (AvgIpc) is 3.39. The van der Waals surface area contributed by atoms with Crippen LogP contribution < -0.4 is 6.15 Å². The summed E-state index contributed by atoms with van der Waals surface area (Å²) in [6, 6.07) is 12.8. The molecule has 2 aliphatic heterocycles. The third-order valence-electron chi connectivity index (χ3n) is 7.00. The number of hydrogen-bond acceptors (Lipinski definition) is 7. The van der Waals surface area contributed by atoms with Crippen LogP contribution in [0.3, 0.4) is 0 Å². The van der Waals surface area contributed by atoms with E-state index in [2.05, 4.69) is 11.9 Å². The lowest BCUT2D eigenvalue weighted by molar-refractivity contribution is 0.0600. The van der Waals surface area contributed by atoms with Gasteiger partial charge >= 0.3 is 5.97 Å². The van der Waals surface area contributed by atoms with Crippen molar-refractivity contribution in [2.24, 2.45) is 9.98 Å². The van der Waals surface area contributed by atoms with Gasteiger partial charge in [-0.3, -0.25) is 9.98 Å². The zero-order chi connectivity index (χ0) is 34.3. The van der Waals surface area contributed by atoms with Crippen LogP contribution >= 0.6 is 23.4 Å². The van der Waals surface area contributed by atoms with Gasteiger partial charge in [0.1, 0.15) is 23.5 Å². The highest BCUT2D eigenvalue weighted by Gasteiger charge is 2.46. The van der Waals surface area contributed by atoms with Crippen LogP contribution in [0.2, 0.25) is 5.02 Å². The highest BCUT2D eigenvalue weighted by Crippen LogP contribution is 2.41. The van der Waals surface area contributed by atoms with Crippen molar-refractivity contribution in [3.63, 3.8) is 0 Å². The van der Waals surface area contributed by atoms with Gasteiger partial charge in [-0.1, -0.05) is 55.8 Å². The molecule has 0 aromatic heterocycles. The Kier molecular flexibility index (Phi) is 18.4. The minimum absolute atomic E-state index is 0. The fourth-order valence-electron chi connectivity index (χ4n) is 5.04. The van der Waals surface area contributed by atoms with Crippen molar-refractivity contribution in [1.29, 1.82) is 0 Å². The van der Waals surface area contributed by atoms with E-state index in [1.54, 1.807) is 55.2 Å². The van der Waals surface area contributed by atoms with Crippen LogP contribution in [0.1, 0.15) is 63.4 Å². The van der Waals surface area contributed by atoms with Gasteiger partial charge in [-0.2, -0.15) is 0 Å². The number of rotatable bonds is 10. The number of fused-ring (bicyclic) bond motifs is 1. The normalized spacial score (nSPS) is 18.7. The third-order valence-corrected chi connectivity index (χ3v) is 8.28. The lowest BCUT2D eigenvalue weighted by Crippen LogP contribution is -2.40. The first-order valence-electron chi connectivity index (χ1n) is 15.4. The van der Waals surface area contributed by atoms with Crippen LogP contribution in [0.25, 0.3) is 0 Å². The van der Waals surface area contributed by atoms with Crippen molar-refractivity contribution in [3.8, 4) is 0 Å². The molecule has 4 rings (SSSR count). The van der Waals surface area contributed by atoms with Gasteiger partial charge in [-0.05, 0) is 74.6 Å². The second-order valence-corrected chi connectivity index (χ2v) is 12.3. The maximum Gasteiger partial charge on any atom is 0.337 e. The van der Waals surface area contributed by atoms with Gasteiger partial charge in [0.15, 0.2) is 0 Å². The number of esters is 1. The lowest BCUT2D eigenvalue weighted by atomic mass is 9.92. The number of aliphatic imine (C=N–C) groups is 2. The molecule has 1 saturated heterocycles. The van der Waals surface area contributed by atoms with Crippen molar-refractivity contribution in [1.82, 2.24) is 11.1 Å². The first-order valence-corrected chi connectivity index (χ1v) is 16.7. The number of allylic oxidation sites excluding steroid dienone is 4. The molecule has 2 aliphatic rings. The Hall–Kier alpha value is -3.34. The molecule has 0 amide bonds. The summed E-state index contributed by atoms with van der Waals surface area (Å²) in [6.07, 6.45) is 5.26. The van der Waals surface area contributed by atoms with Gasteiger partial charge in [0.25, 0.3) is 0 Å². The summed E-state index contributed by atoms with van der Waals surface area (Å²) in [6.45, 7) is 10.1. The maximum atomic E-state index is 16.5. The fourth-order valence-corrected chi connectivity index (χ4v) is 5.93. The number of carbonyl (C=O) groups is 1. The van der Waals surface area contributed by atoms with Gasteiger partial charge < -0.3 is 15.8 Å². The summed E-state index contributed by atoms with van der Waals surface area (Å²) < 4.78 is 46.8. The number of alkyl halides is 2. The van der Waals surface area contributed by atoms with Gasteiger partial charge in [0.05, 0.1) is 36.7 Å². The predicted octanol–water partition coefficient (Wildman–Crippen LogP) is 9.79. The first-order chi connectivity index (χ1) is 22.0. The van der Waals surface area contributed by atoms with Crippen molar-refractivity contribution >= 4 is 40.9 Å². The number of benzene rings is 2. The van der Waals surface area contributed by atoms with E-state index >= 15 is 4.39 Å². The minimum atomic E-state index is -1.55. The molecule has 0 aliphatic carbocycles. The SMILES string of the molecule is C/C=C\SC(C)C1=NCC(C(/C=C\CC(C)F)=NC)=C2CC(F)(Cc3cccc(C(=O)OC)c3)CN12.CC.Fc1cccc(Cl)c1.N. The zero-order valence-electron chi connectivity index (χ0n) is 28.4. The molecule has 6 nitrogen and oxygen atoms in total. The highest BCUT2D eigenvalue weighted by molar-refractivity contribution is 8.03. The first kappa shape index (κ1) is 41.7. The molecule has 2 aromatic carbocycles. The lowest BCUT2D eigenvalue weighted by Gasteiger charge is -2.31. The number of halogens is 4. The third kappa shape index (κ3) is 12.7. The van der Waals surface area contributed by atoms with Gasteiger partial charge in [0.2, 0.25) is 0 Å². The number of nitrogens with zero attached hydrogens (tertiary/aromatic N) is 3. The van der Waals surface area contributed by atoms with Gasteiger partial charge in [-0.15, -0.1) is 11.8 Å². The maximum absolute atomic E-state index is 16.5. The molecule has 0 spiro atoms. The Balaban J connectivity index is 0.000000865. The van der Waals surface area contributed by atoms with Crippen LogP contribution in [0, 0.1) is 5.82 Å². The second kappa shape index (κ2) is 20.8. The summed E-state index contributed by atoms with van der Waals surface area (Å²) in [7, 11) is 3.02. The molecule has 47 heavy (non-hydrogen) atoms. The highest BCUT2D eigenvalue weighted by atomic mass is 35.5. The van der Waals surface area contributed by atoms with Crippen LogP contribution in [-0.4, -0.2) is 66.8 Å². The molecule has 2 heterocycles. The molecular formula is C36H48ClF3N4O2S. The zero-order valence-corrected chi connectivity index (χ0v) is 30.0. The van der Waals surface area contributed by atoms with Crippen LogP contribution in [0.4, 0.5) is 13.2 Å². The van der Waals surface area contributed by atoms with E-state index < -0.39 is 17.8 Å². The molecule has 258 valence electrons. The standard InChI is InChI=1S/C28H35F2N3O2S.C6H4ClF.C2H6.H3N/c1-6-13-36-20(3)26-32-17-23(24(31-4)12-7-9-19(2)29)25-16-28(30,18-33(25)26)15-21-10-8-11-22(14-21)27(34)35-5;7-5-2-1-3-6(8)4-5;1-2;/h6-8,10-14,19-20H,9,15-18H2,1-5H3;1-4H;1-2H3;1H3/b12-7-,13-6-,31-24?;;;. The second-order valence-electron chi connectivity index (χ2n) is 10.6. The predicted molar refractivity (Wildman–Crippen MR) is 193 cm³/mol. The monoisotopic (exact) mass is 692 g/mol. The smallest absolute Gasteiger partial charge is 0.337 e. The molecule has 0 radical (unpaired) electrons. The Morgan fingerprint density at radius 2 is 1.91 bits per heavy atom. The number of amidine groups is 1. The van der Waals surface area contributed by atoms with Crippen molar-refractivity contribution in [2.45, 2.75) is 71.0 Å². The number of thioether (sulfide) groups is 1. The number of ether oxygens (including phenoxy) is 1. The van der Waals surface area contributed by atoms with Crippen LogP contribution in [0.15, 0.2) is 93.4 Å². The summed E-state index contributed by atoms with van der Waals surface area (Å²) in [4.78, 5) is 23.3. The molecule has 1 fully saturated rings. The topological polar surface area (TPSA) is 89.3 Å². The van der Waals surface area contributed by atoms with Gasteiger partial charge in [-0.25, -0.2) is 18.0 Å². The van der Waals surface area contributed by atoms with E-state index in [1.807, 2.05) is 49.3 Å². The Bertz CT molecular complexity index is 1440. The van der Waals surface area contributed by atoms with E-state index in [9.17, 15) is 13.6 Å². The average molecular weight is 693 g/mol. The van der Waals surface area contributed by atoms with E-state index in [0.29, 0.717) is 29.3 Å². The molecule has 3 unspecified atom stereocenters. The molecule has 0 saturated carbocycles. The summed E-state index contributed by atoms with van der Waals surface area (Å²) in [5.41, 5.74) is 2.03. The van der Waals surface area contributed by atoms with E-state index in [-0.39, 0.29) is 36.6 Å². The minimum Gasteiger partial charge on any atom is -0.465 e. The molecule has 3 atom stereocenters. The quantitative estimate of drug-likeness (QED) is 0.198. The van der Waals surface area contributed by atoms with Crippen molar-refractivity contribution in [2.75, 3.05) is 27.2 Å². The molecule has 11 heteroatoms. The summed E-state index contributed by atoms with van der Waals surface area (Å²) in [5.74, 6) is 0.107. The van der Waals surface area contributed by atoms with E-state index in [4.69, 9.17) is 21.3 Å². The number of carbonyl (C=O) groups excluding carboxylic acids is 1. The fraction of sp³-hybridized carbons (Fsp3) is 0.417. The molecule has 2 aromatic rings. The summed E-state index contributed by atoms with van der Waals surface area (Å²) >= 11 is 7.05. The van der Waals surface area contributed by atoms with Crippen LogP contribution in [0.5, 0.6) is 0 Å². The number of hydrogen-bond donors (Lipinski definition) is 1. The summed E-state index contributed by atoms with van der Waals surface area (Å²) in [5, 5.41) is 2.50. The van der Waals surface area contributed by atoms with Crippen molar-refractivity contribution < 1.29 is 22.7 Å². The van der Waals surface area contributed by atoms with Gasteiger partial charge in [0, 0.05) is 36.2 Å². The molecule has 0 bridgehead atoms. The Morgan fingerprint density at radius 3 is 2.49 bits per heavy atom.